The third-order valence-electron chi connectivity index (χ3n) is 3.05. The minimum atomic E-state index is -1.08. The van der Waals surface area contributed by atoms with E-state index in [1.54, 1.807) is 12.1 Å². The van der Waals surface area contributed by atoms with Crippen LogP contribution in [0.2, 0.25) is 0 Å². The first-order valence-electron chi connectivity index (χ1n) is 5.76. The van der Waals surface area contributed by atoms with Crippen LogP contribution in [0.15, 0.2) is 18.2 Å². The van der Waals surface area contributed by atoms with Gasteiger partial charge in [0.25, 0.3) is 0 Å². The molecule has 18 heavy (non-hydrogen) atoms. The number of hydrogen-bond donors (Lipinski definition) is 2. The van der Waals surface area contributed by atoms with Gasteiger partial charge in [0.1, 0.15) is 5.82 Å². The van der Waals surface area contributed by atoms with Crippen LogP contribution in [0, 0.1) is 5.92 Å². The van der Waals surface area contributed by atoms with Gasteiger partial charge in [0.05, 0.1) is 5.92 Å². The van der Waals surface area contributed by atoms with Gasteiger partial charge in [0.2, 0.25) is 0 Å². The van der Waals surface area contributed by atoms with Crippen LogP contribution in [0.5, 0.6) is 0 Å². The Labute approximate surface area is 104 Å². The summed E-state index contributed by atoms with van der Waals surface area (Å²) in [5, 5.41) is 17.9. The van der Waals surface area contributed by atoms with Crippen molar-refractivity contribution < 1.29 is 19.8 Å². The van der Waals surface area contributed by atoms with Gasteiger partial charge in [0, 0.05) is 13.1 Å². The van der Waals surface area contributed by atoms with Gasteiger partial charge in [-0.3, -0.25) is 4.79 Å². The number of carboxylic acid groups (broad SMARTS) is 2. The molecule has 1 saturated heterocycles. The Morgan fingerprint density at radius 3 is 2.78 bits per heavy atom. The molecule has 96 valence electrons. The molecule has 6 heteroatoms. The van der Waals surface area contributed by atoms with Crippen molar-refractivity contribution >= 4 is 17.8 Å². The first-order valence-corrected chi connectivity index (χ1v) is 5.76. The van der Waals surface area contributed by atoms with Crippen molar-refractivity contribution in [3.8, 4) is 0 Å². The first-order chi connectivity index (χ1) is 8.58. The Bertz CT molecular complexity index is 475. The van der Waals surface area contributed by atoms with Crippen molar-refractivity contribution in [3.63, 3.8) is 0 Å². The maximum atomic E-state index is 11.0. The minimum Gasteiger partial charge on any atom is -0.481 e. The largest absolute Gasteiger partial charge is 0.481 e. The zero-order valence-electron chi connectivity index (χ0n) is 9.74. The summed E-state index contributed by atoms with van der Waals surface area (Å²) in [4.78, 5) is 27.6. The van der Waals surface area contributed by atoms with Crippen molar-refractivity contribution in [3.05, 3.63) is 23.9 Å². The fourth-order valence-electron chi connectivity index (χ4n) is 2.11. The number of carbonyl (C=O) groups is 2. The Hall–Kier alpha value is -2.11. The summed E-state index contributed by atoms with van der Waals surface area (Å²) in [5.74, 6) is -1.77. The lowest BCUT2D eigenvalue weighted by molar-refractivity contribution is -0.141. The molecule has 0 saturated carbocycles. The van der Waals surface area contributed by atoms with Crippen LogP contribution in [0.25, 0.3) is 0 Å². The first kappa shape index (κ1) is 12.3. The van der Waals surface area contributed by atoms with Crippen LogP contribution in [0.3, 0.4) is 0 Å². The zero-order valence-corrected chi connectivity index (χ0v) is 9.74. The molecule has 1 aliphatic rings. The number of nitrogens with zero attached hydrogens (tertiary/aromatic N) is 2. The van der Waals surface area contributed by atoms with Crippen molar-refractivity contribution in [2.45, 2.75) is 12.8 Å². The highest BCUT2D eigenvalue weighted by Crippen LogP contribution is 2.21. The molecule has 1 aromatic heterocycles. The number of aromatic nitrogens is 1. The number of aromatic carboxylic acids is 1. The van der Waals surface area contributed by atoms with Crippen molar-refractivity contribution in [1.29, 1.82) is 0 Å². The predicted molar refractivity (Wildman–Crippen MR) is 63.8 cm³/mol. The van der Waals surface area contributed by atoms with E-state index in [-0.39, 0.29) is 5.69 Å². The van der Waals surface area contributed by atoms with Crippen LogP contribution < -0.4 is 4.90 Å². The summed E-state index contributed by atoms with van der Waals surface area (Å²) >= 11 is 0. The lowest BCUT2D eigenvalue weighted by Crippen LogP contribution is -2.39. The van der Waals surface area contributed by atoms with Gasteiger partial charge in [-0.05, 0) is 25.0 Å². The second-order valence-electron chi connectivity index (χ2n) is 4.31. The SMILES string of the molecule is O=C(O)c1cccc(N2CCCC(C(=O)O)C2)n1. The quantitative estimate of drug-likeness (QED) is 0.834. The third-order valence-corrected chi connectivity index (χ3v) is 3.05. The second-order valence-corrected chi connectivity index (χ2v) is 4.31. The van der Waals surface area contributed by atoms with E-state index in [9.17, 15) is 9.59 Å². The molecule has 1 fully saturated rings. The van der Waals surface area contributed by atoms with Crippen molar-refractivity contribution in [2.24, 2.45) is 5.92 Å². The number of hydrogen-bond acceptors (Lipinski definition) is 4. The van der Waals surface area contributed by atoms with Crippen LogP contribution in [-0.2, 0) is 4.79 Å². The van der Waals surface area contributed by atoms with Crippen LogP contribution in [-0.4, -0.2) is 40.2 Å². The van der Waals surface area contributed by atoms with E-state index in [0.29, 0.717) is 25.3 Å². The molecule has 1 aliphatic heterocycles. The van der Waals surface area contributed by atoms with Crippen LogP contribution >= 0.6 is 0 Å². The number of carboxylic acids is 2. The third kappa shape index (κ3) is 2.58. The highest BCUT2D eigenvalue weighted by molar-refractivity contribution is 5.85. The van der Waals surface area contributed by atoms with E-state index in [2.05, 4.69) is 4.98 Å². The van der Waals surface area contributed by atoms with Gasteiger partial charge >= 0.3 is 11.9 Å². The molecule has 2 rings (SSSR count). The number of piperidine rings is 1. The molecule has 0 radical (unpaired) electrons. The molecule has 6 nitrogen and oxygen atoms in total. The van der Waals surface area contributed by atoms with Gasteiger partial charge < -0.3 is 15.1 Å². The Morgan fingerprint density at radius 1 is 1.33 bits per heavy atom. The summed E-state index contributed by atoms with van der Waals surface area (Å²) in [6, 6.07) is 4.75. The molecule has 1 atom stereocenters. The lowest BCUT2D eigenvalue weighted by atomic mass is 9.98. The summed E-state index contributed by atoms with van der Waals surface area (Å²) < 4.78 is 0. The zero-order chi connectivity index (χ0) is 13.1. The molecular formula is C12H14N2O4. The van der Waals surface area contributed by atoms with Gasteiger partial charge in [0.15, 0.2) is 5.69 Å². The molecule has 0 bridgehead atoms. The van der Waals surface area contributed by atoms with Gasteiger partial charge in [-0.25, -0.2) is 9.78 Å². The van der Waals surface area contributed by atoms with E-state index in [1.165, 1.54) is 6.07 Å². The van der Waals surface area contributed by atoms with Gasteiger partial charge in [-0.1, -0.05) is 6.07 Å². The Balaban J connectivity index is 2.18. The van der Waals surface area contributed by atoms with E-state index < -0.39 is 17.9 Å². The summed E-state index contributed by atoms with van der Waals surface area (Å²) in [5.41, 5.74) is -0.0232. The summed E-state index contributed by atoms with van der Waals surface area (Å²) in [6.45, 7) is 1.09. The summed E-state index contributed by atoms with van der Waals surface area (Å²) in [7, 11) is 0. The topological polar surface area (TPSA) is 90.7 Å². The monoisotopic (exact) mass is 250 g/mol. The molecule has 2 N–H and O–H groups in total. The Kier molecular flexibility index (Phi) is 3.45. The van der Waals surface area contributed by atoms with Gasteiger partial charge in [-0.15, -0.1) is 0 Å². The maximum absolute atomic E-state index is 11.0. The van der Waals surface area contributed by atoms with Gasteiger partial charge in [-0.2, -0.15) is 0 Å². The fourth-order valence-corrected chi connectivity index (χ4v) is 2.11. The number of rotatable bonds is 3. The lowest BCUT2D eigenvalue weighted by Gasteiger charge is -2.31. The van der Waals surface area contributed by atoms with Crippen LogP contribution in [0.1, 0.15) is 23.3 Å². The highest BCUT2D eigenvalue weighted by Gasteiger charge is 2.26. The number of pyridine rings is 1. The summed E-state index contributed by atoms with van der Waals surface area (Å²) in [6.07, 6.45) is 1.43. The van der Waals surface area contributed by atoms with Crippen molar-refractivity contribution in [2.75, 3.05) is 18.0 Å². The van der Waals surface area contributed by atoms with E-state index >= 15 is 0 Å². The molecule has 0 aromatic carbocycles. The highest BCUT2D eigenvalue weighted by atomic mass is 16.4. The molecular weight excluding hydrogens is 236 g/mol. The maximum Gasteiger partial charge on any atom is 0.354 e. The molecule has 2 heterocycles. The minimum absolute atomic E-state index is 0.0232. The van der Waals surface area contributed by atoms with E-state index in [1.807, 2.05) is 4.90 Å². The average molecular weight is 250 g/mol. The standard InChI is InChI=1S/C12H14N2O4/c15-11(16)8-3-2-6-14(7-8)10-5-1-4-9(13-10)12(17)18/h1,4-5,8H,2-3,6-7H2,(H,15,16)(H,17,18). The predicted octanol–water partition coefficient (Wildman–Crippen LogP) is 1.08. The smallest absolute Gasteiger partial charge is 0.354 e. The molecule has 0 aliphatic carbocycles. The van der Waals surface area contributed by atoms with Crippen LogP contribution in [0.4, 0.5) is 5.82 Å². The fraction of sp³-hybridized carbons (Fsp3) is 0.417. The average Bonchev–Trinajstić information content (AvgIpc) is 2.39. The molecule has 1 unspecified atom stereocenters. The normalized spacial score (nSPS) is 19.6. The van der Waals surface area contributed by atoms with Crippen molar-refractivity contribution in [1.82, 2.24) is 4.98 Å². The Morgan fingerprint density at radius 2 is 2.11 bits per heavy atom. The van der Waals surface area contributed by atoms with E-state index in [4.69, 9.17) is 10.2 Å². The van der Waals surface area contributed by atoms with E-state index in [0.717, 1.165) is 6.42 Å². The number of anilines is 1. The molecule has 0 spiro atoms. The molecule has 0 amide bonds. The number of aliphatic carboxylic acids is 1. The molecule has 1 aromatic rings. The second kappa shape index (κ2) is 5.03.